The summed E-state index contributed by atoms with van der Waals surface area (Å²) in [6, 6.07) is 7.74. The molecule has 0 bridgehead atoms. The van der Waals surface area contributed by atoms with Gasteiger partial charge in [0.2, 0.25) is 6.08 Å². The lowest BCUT2D eigenvalue weighted by Crippen LogP contribution is -2.23. The van der Waals surface area contributed by atoms with Gasteiger partial charge in [-0.15, -0.1) is 0 Å². The fraction of sp³-hybridized carbons (Fsp3) is 0.400. The van der Waals surface area contributed by atoms with E-state index in [1.807, 2.05) is 44.6 Å². The Balaban J connectivity index is 1.86. The molecule has 1 aliphatic heterocycles. The molecule has 0 radical (unpaired) electrons. The van der Waals surface area contributed by atoms with Crippen LogP contribution in [0.15, 0.2) is 39.4 Å². The van der Waals surface area contributed by atoms with Crippen molar-refractivity contribution >= 4 is 28.9 Å². The van der Waals surface area contributed by atoms with Gasteiger partial charge in [-0.25, -0.2) is 19.4 Å². The Morgan fingerprint density at radius 3 is 2.47 bits per heavy atom. The summed E-state index contributed by atoms with van der Waals surface area (Å²) in [4.78, 5) is 27.0. The van der Waals surface area contributed by atoms with E-state index in [0.29, 0.717) is 17.2 Å². The Morgan fingerprint density at radius 1 is 1.15 bits per heavy atom. The van der Waals surface area contributed by atoms with Crippen LogP contribution in [0.25, 0.3) is 11.4 Å². The van der Waals surface area contributed by atoms with E-state index in [2.05, 4.69) is 41.0 Å². The molecule has 3 heterocycles. The third-order valence-electron chi connectivity index (χ3n) is 6.23. The van der Waals surface area contributed by atoms with Crippen LogP contribution in [0.1, 0.15) is 43.5 Å². The summed E-state index contributed by atoms with van der Waals surface area (Å²) in [6.45, 7) is 14.0. The highest BCUT2D eigenvalue weighted by Gasteiger charge is 2.33. The van der Waals surface area contributed by atoms with Crippen LogP contribution >= 0.6 is 0 Å². The zero-order valence-corrected chi connectivity index (χ0v) is 20.8. The molecule has 0 fully saturated rings. The van der Waals surface area contributed by atoms with E-state index in [4.69, 9.17) is 15.1 Å². The summed E-state index contributed by atoms with van der Waals surface area (Å²) in [5.74, 6) is 0.617. The maximum Gasteiger partial charge on any atom is 0.235 e. The maximum atomic E-state index is 11.0. The number of hydrogen-bond acceptors (Lipinski definition) is 7. The molecule has 1 aromatic carbocycles. The van der Waals surface area contributed by atoms with Gasteiger partial charge in [-0.05, 0) is 71.4 Å². The van der Waals surface area contributed by atoms with E-state index in [1.165, 1.54) is 0 Å². The molecule has 176 valence electrons. The van der Waals surface area contributed by atoms with Crippen LogP contribution in [0.5, 0.6) is 0 Å². The summed E-state index contributed by atoms with van der Waals surface area (Å²) in [5.41, 5.74) is 7.64. The van der Waals surface area contributed by atoms with Gasteiger partial charge in [0.1, 0.15) is 28.9 Å². The first-order valence-electron chi connectivity index (χ1n) is 11.5. The molecule has 2 aromatic heterocycles. The predicted molar refractivity (Wildman–Crippen MR) is 135 cm³/mol. The number of aryl methyl sites for hydroxylation is 4. The van der Waals surface area contributed by atoms with E-state index in [9.17, 15) is 4.79 Å². The Bertz CT molecular complexity index is 1330. The van der Waals surface area contributed by atoms with Crippen molar-refractivity contribution in [2.45, 2.75) is 47.6 Å². The number of isocyanates is 1. The second-order valence-corrected chi connectivity index (χ2v) is 8.46. The lowest BCUT2D eigenvalue weighted by Gasteiger charge is -2.21. The molecule has 3 aromatic rings. The lowest BCUT2D eigenvalue weighted by atomic mass is 10.1. The topological polar surface area (TPSA) is 93.0 Å². The number of fused-ring (bicyclic) bond motifs is 1. The van der Waals surface area contributed by atoms with Gasteiger partial charge in [0.15, 0.2) is 5.82 Å². The molecular weight excluding hydrogens is 428 g/mol. The van der Waals surface area contributed by atoms with Gasteiger partial charge in [-0.3, -0.25) is 4.68 Å². The monoisotopic (exact) mass is 458 g/mol. The smallest absolute Gasteiger partial charge is 0.235 e. The van der Waals surface area contributed by atoms with Crippen LogP contribution in [0, 0.1) is 20.8 Å². The molecular formula is C25H30N8O. The second-order valence-electron chi connectivity index (χ2n) is 8.46. The van der Waals surface area contributed by atoms with Crippen molar-refractivity contribution in [1.82, 2.24) is 19.4 Å². The molecule has 0 saturated carbocycles. The summed E-state index contributed by atoms with van der Waals surface area (Å²) in [5, 5.41) is 9.41. The van der Waals surface area contributed by atoms with Crippen molar-refractivity contribution in [3.63, 3.8) is 0 Å². The molecule has 1 unspecified atom stereocenters. The van der Waals surface area contributed by atoms with Gasteiger partial charge in [0.05, 0.1) is 11.4 Å². The third-order valence-corrected chi connectivity index (χ3v) is 6.23. The first-order valence-corrected chi connectivity index (χ1v) is 11.5. The van der Waals surface area contributed by atoms with Gasteiger partial charge in [-0.2, -0.15) is 15.2 Å². The molecule has 9 heteroatoms. The zero-order valence-electron chi connectivity index (χ0n) is 20.8. The van der Waals surface area contributed by atoms with Crippen molar-refractivity contribution in [1.29, 1.82) is 0 Å². The predicted octanol–water partition coefficient (Wildman–Crippen LogP) is 4.12. The molecule has 0 aliphatic carbocycles. The molecule has 0 N–H and O–H groups in total. The van der Waals surface area contributed by atoms with Crippen LogP contribution < -0.4 is 4.90 Å². The minimum absolute atomic E-state index is 0.508. The molecule has 4 rings (SSSR count). The van der Waals surface area contributed by atoms with Gasteiger partial charge in [0, 0.05) is 31.5 Å². The van der Waals surface area contributed by atoms with Crippen LogP contribution in [0.2, 0.25) is 0 Å². The number of nitrogens with zero attached hydrogens (tertiary/aromatic N) is 8. The van der Waals surface area contributed by atoms with E-state index in [-0.39, 0.29) is 0 Å². The number of anilines is 1. The van der Waals surface area contributed by atoms with Crippen molar-refractivity contribution in [2.24, 2.45) is 22.1 Å². The summed E-state index contributed by atoms with van der Waals surface area (Å²) in [7, 11) is 1.91. The molecule has 0 spiro atoms. The van der Waals surface area contributed by atoms with E-state index in [1.54, 1.807) is 17.7 Å². The first kappa shape index (κ1) is 23.3. The van der Waals surface area contributed by atoms with Gasteiger partial charge >= 0.3 is 0 Å². The quantitative estimate of drug-likeness (QED) is 0.393. The van der Waals surface area contributed by atoms with Crippen LogP contribution in [0.4, 0.5) is 11.4 Å². The molecule has 0 amide bonds. The van der Waals surface area contributed by atoms with E-state index < -0.39 is 6.04 Å². The average molecular weight is 459 g/mol. The first-order chi connectivity index (χ1) is 16.3. The minimum Gasteiger partial charge on any atom is -0.372 e. The van der Waals surface area contributed by atoms with Crippen LogP contribution in [-0.2, 0) is 11.8 Å². The fourth-order valence-electron chi connectivity index (χ4n) is 4.21. The highest BCUT2D eigenvalue weighted by atomic mass is 16.1. The molecule has 34 heavy (non-hydrogen) atoms. The normalized spacial score (nSPS) is 14.7. The summed E-state index contributed by atoms with van der Waals surface area (Å²) < 4.78 is 3.59. The Labute approximate surface area is 199 Å². The number of hydrogen-bond donors (Lipinski definition) is 0. The highest BCUT2D eigenvalue weighted by Crippen LogP contribution is 2.31. The largest absolute Gasteiger partial charge is 0.372 e. The fourth-order valence-corrected chi connectivity index (χ4v) is 4.21. The van der Waals surface area contributed by atoms with Crippen molar-refractivity contribution in [2.75, 3.05) is 18.0 Å². The second kappa shape index (κ2) is 9.19. The van der Waals surface area contributed by atoms with Crippen LogP contribution in [-0.4, -0.2) is 56.1 Å². The molecule has 1 atom stereocenters. The Morgan fingerprint density at radius 2 is 1.88 bits per heavy atom. The molecule has 0 saturated heterocycles. The third kappa shape index (κ3) is 3.99. The van der Waals surface area contributed by atoms with Crippen molar-refractivity contribution in [3.05, 3.63) is 47.0 Å². The standard InChI is InChI=1S/C25H30N8O/c1-8-32(9-2)19-10-11-20(15(3)12-19)28-23-22(17(5)26-14-34)30-33-24(18(6)27-25(23)33)21-13-16(4)31(7)29-21/h10-13,17H,8-9H2,1-7H3. The molecule has 9 nitrogen and oxygen atoms in total. The molecule has 1 aliphatic rings. The van der Waals surface area contributed by atoms with Gasteiger partial charge < -0.3 is 4.90 Å². The average Bonchev–Trinajstić information content (AvgIpc) is 3.42. The highest BCUT2D eigenvalue weighted by molar-refractivity contribution is 6.51. The zero-order chi connectivity index (χ0) is 24.6. The Kier molecular flexibility index (Phi) is 6.30. The number of imidazole rings is 1. The van der Waals surface area contributed by atoms with E-state index in [0.717, 1.165) is 52.8 Å². The van der Waals surface area contributed by atoms with Gasteiger partial charge in [0.25, 0.3) is 0 Å². The summed E-state index contributed by atoms with van der Waals surface area (Å²) in [6.07, 6.45) is 1.65. The number of carbonyl (C=O) groups excluding carboxylic acids is 1. The van der Waals surface area contributed by atoms with Crippen molar-refractivity contribution < 1.29 is 4.79 Å². The maximum absolute atomic E-state index is 11.0. The minimum atomic E-state index is -0.508. The SMILES string of the molecule is CCN(CC)c1ccc(N=C2C(C(C)N=C=O)=Nn3c2nc(C)c3-c2cc(C)n(C)n2)c(C)c1. The number of aliphatic imine (C=N–C) groups is 2. The Hall–Kier alpha value is -3.84. The number of rotatable bonds is 7. The van der Waals surface area contributed by atoms with Gasteiger partial charge in [-0.1, -0.05) is 0 Å². The lowest BCUT2D eigenvalue weighted by molar-refractivity contribution is 0.562. The van der Waals surface area contributed by atoms with E-state index >= 15 is 0 Å². The number of benzene rings is 1. The summed E-state index contributed by atoms with van der Waals surface area (Å²) >= 11 is 0. The van der Waals surface area contributed by atoms with Crippen LogP contribution in [0.3, 0.4) is 0 Å². The number of aromatic nitrogens is 4. The van der Waals surface area contributed by atoms with Crippen molar-refractivity contribution in [3.8, 4) is 11.4 Å².